The molecule has 4 atom stereocenters. The molecule has 286 valence electrons. The summed E-state index contributed by atoms with van der Waals surface area (Å²) in [4.78, 5) is 78.1. The van der Waals surface area contributed by atoms with Crippen LogP contribution in [0.1, 0.15) is 97.7 Å². The van der Waals surface area contributed by atoms with E-state index in [-0.39, 0.29) is 47.4 Å². The minimum absolute atomic E-state index is 0.0169. The van der Waals surface area contributed by atoms with Crippen LogP contribution in [0.25, 0.3) is 0 Å². The Kier molecular flexibility index (Phi) is 10.7. The average Bonchev–Trinajstić information content (AvgIpc) is 4.11. The topological polar surface area (TPSA) is 157 Å². The number of benzene rings is 3. The summed E-state index contributed by atoms with van der Waals surface area (Å²) < 4.78 is 0. The van der Waals surface area contributed by atoms with Gasteiger partial charge in [-0.3, -0.25) is 24.0 Å². The fourth-order valence-electron chi connectivity index (χ4n) is 7.60. The maximum absolute atomic E-state index is 14.0. The van der Waals surface area contributed by atoms with Gasteiger partial charge in [0.2, 0.25) is 29.5 Å². The molecule has 3 heterocycles. The number of H-pyrrole nitrogens is 1. The maximum Gasteiger partial charge on any atom is 0.250 e. The van der Waals surface area contributed by atoms with Crippen molar-refractivity contribution in [2.75, 3.05) is 18.4 Å². The number of aromatic amines is 1. The second-order valence-corrected chi connectivity index (χ2v) is 15.1. The van der Waals surface area contributed by atoms with E-state index in [0.29, 0.717) is 48.7 Å². The minimum Gasteiger partial charge on any atom is -0.340 e. The molecule has 56 heavy (non-hydrogen) atoms. The molecular formula is C44H45N7O5. The van der Waals surface area contributed by atoms with Crippen LogP contribution in [0.4, 0.5) is 5.69 Å². The van der Waals surface area contributed by atoms with Crippen molar-refractivity contribution in [1.82, 2.24) is 30.4 Å². The summed E-state index contributed by atoms with van der Waals surface area (Å²) >= 11 is 0. The van der Waals surface area contributed by atoms with E-state index < -0.39 is 18.1 Å². The molecule has 2 aliphatic carbocycles. The Labute approximate surface area is 325 Å². The molecule has 0 spiro atoms. The Morgan fingerprint density at radius 2 is 1.20 bits per heavy atom. The zero-order valence-electron chi connectivity index (χ0n) is 31.1. The third-order valence-electron chi connectivity index (χ3n) is 11.0. The smallest absolute Gasteiger partial charge is 0.250 e. The number of hydrogen-bond donors (Lipinski definition) is 4. The Morgan fingerprint density at radius 1 is 0.643 bits per heavy atom. The van der Waals surface area contributed by atoms with Crippen molar-refractivity contribution in [2.24, 2.45) is 11.8 Å². The quantitative estimate of drug-likeness (QED) is 0.159. The van der Waals surface area contributed by atoms with Gasteiger partial charge in [0.1, 0.15) is 29.6 Å². The zero-order valence-corrected chi connectivity index (χ0v) is 31.1. The van der Waals surface area contributed by atoms with Gasteiger partial charge in [0.05, 0.1) is 12.2 Å². The Bertz CT molecular complexity index is 2150. The predicted octanol–water partition coefficient (Wildman–Crippen LogP) is 4.94. The van der Waals surface area contributed by atoms with E-state index in [9.17, 15) is 24.0 Å². The SMILES string of the molecule is O=C(N[C@@H](C(=O)N1CCC[C@H]1C(=O)Nc1ccc(C#Cc2cnc([C@@H]3CCCN3C(=O)[C@H](NC(=O)C3CC3)c3ccccc3)[nH]2)cc1)c1ccccc1)C1CC1. The van der Waals surface area contributed by atoms with E-state index in [0.717, 1.165) is 49.7 Å². The number of nitrogens with one attached hydrogen (secondary N) is 4. The van der Waals surface area contributed by atoms with Crippen molar-refractivity contribution in [3.05, 3.63) is 119 Å². The number of aromatic nitrogens is 2. The van der Waals surface area contributed by atoms with Crippen LogP contribution < -0.4 is 16.0 Å². The molecular weight excluding hydrogens is 707 g/mol. The number of carbonyl (C=O) groups is 5. The normalized spacial score (nSPS) is 20.0. The van der Waals surface area contributed by atoms with Gasteiger partial charge in [-0.1, -0.05) is 66.6 Å². The van der Waals surface area contributed by atoms with Crippen molar-refractivity contribution in [3.8, 4) is 11.8 Å². The molecule has 5 amide bonds. The van der Waals surface area contributed by atoms with Gasteiger partial charge in [0, 0.05) is 36.2 Å². The summed E-state index contributed by atoms with van der Waals surface area (Å²) in [7, 11) is 0. The van der Waals surface area contributed by atoms with Gasteiger partial charge in [-0.05, 0) is 92.7 Å². The highest BCUT2D eigenvalue weighted by Crippen LogP contribution is 2.35. The van der Waals surface area contributed by atoms with Crippen molar-refractivity contribution < 1.29 is 24.0 Å². The van der Waals surface area contributed by atoms with Crippen LogP contribution in [-0.4, -0.2) is 68.4 Å². The van der Waals surface area contributed by atoms with E-state index >= 15 is 0 Å². The Morgan fingerprint density at radius 3 is 1.79 bits per heavy atom. The first-order valence-corrected chi connectivity index (χ1v) is 19.6. The lowest BCUT2D eigenvalue weighted by Gasteiger charge is -2.29. The number of carbonyl (C=O) groups excluding carboxylic acids is 5. The highest BCUT2D eigenvalue weighted by atomic mass is 16.2. The molecule has 4 aromatic rings. The molecule has 1 aromatic heterocycles. The summed E-state index contributed by atoms with van der Waals surface area (Å²) in [5.74, 6) is 5.94. The molecule has 4 fully saturated rings. The highest BCUT2D eigenvalue weighted by Gasteiger charge is 2.41. The number of imidazole rings is 1. The van der Waals surface area contributed by atoms with Crippen molar-refractivity contribution in [2.45, 2.75) is 75.5 Å². The number of likely N-dealkylation sites (tertiary alicyclic amines) is 2. The zero-order chi connectivity index (χ0) is 38.6. The van der Waals surface area contributed by atoms with Crippen LogP contribution in [0, 0.1) is 23.7 Å². The first kappa shape index (κ1) is 36.7. The summed E-state index contributed by atoms with van der Waals surface area (Å²) in [5, 5.41) is 8.91. The lowest BCUT2D eigenvalue weighted by atomic mass is 10.0. The van der Waals surface area contributed by atoms with E-state index in [1.165, 1.54) is 0 Å². The third-order valence-corrected chi connectivity index (χ3v) is 11.0. The van der Waals surface area contributed by atoms with Gasteiger partial charge in [-0.25, -0.2) is 4.98 Å². The van der Waals surface area contributed by atoms with E-state index in [1.54, 1.807) is 23.2 Å². The van der Waals surface area contributed by atoms with Gasteiger partial charge in [-0.2, -0.15) is 0 Å². The molecule has 12 nitrogen and oxygen atoms in total. The number of hydrogen-bond acceptors (Lipinski definition) is 6. The second-order valence-electron chi connectivity index (χ2n) is 15.1. The summed E-state index contributed by atoms with van der Waals surface area (Å²) in [6.45, 7) is 1.00. The minimum atomic E-state index is -0.848. The monoisotopic (exact) mass is 751 g/mol. The number of nitrogens with zero attached hydrogens (tertiary/aromatic N) is 3. The lowest BCUT2D eigenvalue weighted by molar-refractivity contribution is -0.140. The summed E-state index contributed by atoms with van der Waals surface area (Å²) in [6.07, 6.45) is 7.81. The molecule has 2 saturated carbocycles. The molecule has 12 heteroatoms. The van der Waals surface area contributed by atoms with Crippen molar-refractivity contribution >= 4 is 35.2 Å². The number of rotatable bonds is 11. The van der Waals surface area contributed by atoms with Gasteiger partial charge < -0.3 is 30.7 Å². The molecule has 0 bridgehead atoms. The lowest BCUT2D eigenvalue weighted by Crippen LogP contribution is -2.48. The predicted molar refractivity (Wildman–Crippen MR) is 208 cm³/mol. The van der Waals surface area contributed by atoms with Crippen LogP contribution >= 0.6 is 0 Å². The van der Waals surface area contributed by atoms with Gasteiger partial charge >= 0.3 is 0 Å². The third kappa shape index (κ3) is 8.37. The van der Waals surface area contributed by atoms with Crippen molar-refractivity contribution in [1.29, 1.82) is 0 Å². The van der Waals surface area contributed by atoms with Gasteiger partial charge in [0.25, 0.3) is 0 Å². The molecule has 8 rings (SSSR count). The first-order chi connectivity index (χ1) is 27.3. The molecule has 4 aliphatic rings. The molecule has 4 N–H and O–H groups in total. The molecule has 3 aromatic carbocycles. The van der Waals surface area contributed by atoms with E-state index in [2.05, 4.69) is 37.8 Å². The van der Waals surface area contributed by atoms with Crippen LogP contribution in [0.2, 0.25) is 0 Å². The molecule has 0 unspecified atom stereocenters. The van der Waals surface area contributed by atoms with Crippen molar-refractivity contribution in [3.63, 3.8) is 0 Å². The second kappa shape index (κ2) is 16.3. The number of anilines is 1. The Balaban J connectivity index is 0.894. The highest BCUT2D eigenvalue weighted by molar-refractivity contribution is 5.99. The molecule has 0 radical (unpaired) electrons. The van der Waals surface area contributed by atoms with Crippen LogP contribution in [0.15, 0.2) is 91.1 Å². The fourth-order valence-corrected chi connectivity index (χ4v) is 7.60. The number of amides is 5. The van der Waals surface area contributed by atoms with E-state index in [4.69, 9.17) is 0 Å². The van der Waals surface area contributed by atoms with Crippen LogP contribution in [0.3, 0.4) is 0 Å². The summed E-state index contributed by atoms with van der Waals surface area (Å²) in [5.41, 5.74) is 3.36. The maximum atomic E-state index is 14.0. The largest absolute Gasteiger partial charge is 0.340 e. The molecule has 2 aliphatic heterocycles. The summed E-state index contributed by atoms with van der Waals surface area (Å²) in [6, 6.07) is 23.2. The first-order valence-electron chi connectivity index (χ1n) is 19.6. The average molecular weight is 752 g/mol. The van der Waals surface area contributed by atoms with Gasteiger partial charge in [-0.15, -0.1) is 0 Å². The standard InChI is InChI=1S/C44H45N7O5/c52-40(31-18-19-31)48-37(29-9-3-1-4-10-29)43(55)50-25-7-13-35(50)39-45-27-34(46-39)24-17-28-15-22-33(23-16-28)47-42(54)36-14-8-26-51(36)44(56)38(30-11-5-2-6-12-30)49-41(53)32-20-21-32/h1-6,9-12,15-16,22-23,27,31-32,35-38H,7-8,13-14,18-21,25-26H2,(H,45,46)(H,47,54)(H,48,52)(H,49,53)/t35-,36-,37+,38+/m0/s1. The van der Waals surface area contributed by atoms with E-state index in [1.807, 2.05) is 77.7 Å². The fraction of sp³-hybridized carbons (Fsp3) is 0.364. The van der Waals surface area contributed by atoms with Crippen LogP contribution in [-0.2, 0) is 24.0 Å². The van der Waals surface area contributed by atoms with Crippen LogP contribution in [0.5, 0.6) is 0 Å². The van der Waals surface area contributed by atoms with Gasteiger partial charge in [0.15, 0.2) is 0 Å². The molecule has 2 saturated heterocycles. The Hall–Kier alpha value is -6.22.